The molecular formula is C11H15NO2. The predicted octanol–water partition coefficient (Wildman–Crippen LogP) is 1.63. The summed E-state index contributed by atoms with van der Waals surface area (Å²) in [7, 11) is 1.87. The van der Waals surface area contributed by atoms with Crippen molar-refractivity contribution in [2.75, 3.05) is 13.2 Å². The maximum atomic E-state index is 11.6. The topological polar surface area (TPSA) is 31.2 Å². The molecule has 1 saturated carbocycles. The minimum Gasteiger partial charge on any atom is -0.373 e. The Bertz CT molecular complexity index is 326. The molecule has 1 aromatic rings. The molecule has 0 aromatic carbocycles. The van der Waals surface area contributed by atoms with Crippen molar-refractivity contribution < 1.29 is 9.53 Å². The molecule has 0 spiro atoms. The summed E-state index contributed by atoms with van der Waals surface area (Å²) in [4.78, 5) is 11.6. The average molecular weight is 193 g/mol. The molecule has 0 N–H and O–H groups in total. The monoisotopic (exact) mass is 193 g/mol. The fraction of sp³-hybridized carbons (Fsp3) is 0.545. The van der Waals surface area contributed by atoms with Gasteiger partial charge in [-0.25, -0.2) is 0 Å². The van der Waals surface area contributed by atoms with Crippen LogP contribution in [0.25, 0.3) is 0 Å². The summed E-state index contributed by atoms with van der Waals surface area (Å²) < 4.78 is 7.16. The van der Waals surface area contributed by atoms with Crippen molar-refractivity contribution in [3.8, 4) is 0 Å². The van der Waals surface area contributed by atoms with Gasteiger partial charge in [-0.1, -0.05) is 0 Å². The SMILES string of the molecule is Cn1cccc1C(=O)COCC1CC1. The molecule has 3 heteroatoms. The van der Waals surface area contributed by atoms with Gasteiger partial charge >= 0.3 is 0 Å². The fourth-order valence-corrected chi connectivity index (χ4v) is 1.43. The second-order valence-electron chi connectivity index (χ2n) is 3.89. The third-order valence-electron chi connectivity index (χ3n) is 2.51. The number of Topliss-reactive ketones (excluding diaryl/α,β-unsaturated/α-hetero) is 1. The molecule has 0 bridgehead atoms. The van der Waals surface area contributed by atoms with Crippen LogP contribution in [0.1, 0.15) is 23.3 Å². The van der Waals surface area contributed by atoms with Crippen LogP contribution in [0, 0.1) is 5.92 Å². The van der Waals surface area contributed by atoms with Crippen LogP contribution in [0.3, 0.4) is 0 Å². The maximum absolute atomic E-state index is 11.6. The quantitative estimate of drug-likeness (QED) is 0.665. The zero-order valence-electron chi connectivity index (χ0n) is 8.40. The molecule has 0 radical (unpaired) electrons. The highest BCUT2D eigenvalue weighted by Gasteiger charge is 2.21. The van der Waals surface area contributed by atoms with Gasteiger partial charge in [-0.15, -0.1) is 0 Å². The molecule has 1 aliphatic rings. The first-order valence-corrected chi connectivity index (χ1v) is 4.99. The van der Waals surface area contributed by atoms with E-state index in [4.69, 9.17) is 4.74 Å². The van der Waals surface area contributed by atoms with E-state index < -0.39 is 0 Å². The third-order valence-corrected chi connectivity index (χ3v) is 2.51. The second kappa shape index (κ2) is 3.96. The van der Waals surface area contributed by atoms with E-state index >= 15 is 0 Å². The number of hydrogen-bond acceptors (Lipinski definition) is 2. The first-order valence-electron chi connectivity index (χ1n) is 4.99. The number of ketones is 1. The van der Waals surface area contributed by atoms with Gasteiger partial charge in [-0.05, 0) is 30.9 Å². The van der Waals surface area contributed by atoms with Crippen molar-refractivity contribution in [1.29, 1.82) is 0 Å². The van der Waals surface area contributed by atoms with Crippen molar-refractivity contribution in [2.24, 2.45) is 13.0 Å². The normalized spacial score (nSPS) is 15.8. The molecule has 76 valence electrons. The lowest BCUT2D eigenvalue weighted by molar-refractivity contribution is 0.0732. The van der Waals surface area contributed by atoms with E-state index in [1.54, 1.807) is 0 Å². The van der Waals surface area contributed by atoms with Gasteiger partial charge in [-0.2, -0.15) is 0 Å². The van der Waals surface area contributed by atoms with Crippen LogP contribution in [0.5, 0.6) is 0 Å². The van der Waals surface area contributed by atoms with Crippen molar-refractivity contribution in [2.45, 2.75) is 12.8 Å². The van der Waals surface area contributed by atoms with Crippen molar-refractivity contribution in [3.63, 3.8) is 0 Å². The highest BCUT2D eigenvalue weighted by molar-refractivity contribution is 5.95. The first-order chi connectivity index (χ1) is 6.77. The number of carbonyl (C=O) groups is 1. The van der Waals surface area contributed by atoms with Crippen molar-refractivity contribution in [1.82, 2.24) is 4.57 Å². The average Bonchev–Trinajstić information content (AvgIpc) is 2.87. The van der Waals surface area contributed by atoms with E-state index in [-0.39, 0.29) is 12.4 Å². The Balaban J connectivity index is 1.79. The Hall–Kier alpha value is -1.09. The Morgan fingerprint density at radius 2 is 2.43 bits per heavy atom. The highest BCUT2D eigenvalue weighted by atomic mass is 16.5. The van der Waals surface area contributed by atoms with E-state index in [0.29, 0.717) is 0 Å². The number of carbonyl (C=O) groups excluding carboxylic acids is 1. The van der Waals surface area contributed by atoms with Gasteiger partial charge in [-0.3, -0.25) is 4.79 Å². The van der Waals surface area contributed by atoms with Crippen molar-refractivity contribution >= 4 is 5.78 Å². The molecule has 1 aromatic heterocycles. The predicted molar refractivity (Wildman–Crippen MR) is 53.3 cm³/mol. The van der Waals surface area contributed by atoms with Crippen LogP contribution in [0.15, 0.2) is 18.3 Å². The molecule has 3 nitrogen and oxygen atoms in total. The molecule has 2 rings (SSSR count). The Morgan fingerprint density at radius 3 is 3.00 bits per heavy atom. The molecule has 0 amide bonds. The van der Waals surface area contributed by atoms with Gasteiger partial charge in [0.15, 0.2) is 0 Å². The maximum Gasteiger partial charge on any atom is 0.204 e. The van der Waals surface area contributed by atoms with Gasteiger partial charge < -0.3 is 9.30 Å². The lowest BCUT2D eigenvalue weighted by Crippen LogP contribution is -2.13. The molecule has 0 atom stereocenters. The Kier molecular flexibility index (Phi) is 2.68. The Morgan fingerprint density at radius 1 is 1.64 bits per heavy atom. The molecule has 1 aliphatic carbocycles. The summed E-state index contributed by atoms with van der Waals surface area (Å²) in [6.07, 6.45) is 4.39. The van der Waals surface area contributed by atoms with E-state index in [2.05, 4.69) is 0 Å². The van der Waals surface area contributed by atoms with Gasteiger partial charge in [0.05, 0.1) is 12.3 Å². The Labute approximate surface area is 83.7 Å². The van der Waals surface area contributed by atoms with Gasteiger partial charge in [0, 0.05) is 13.2 Å². The number of hydrogen-bond donors (Lipinski definition) is 0. The molecule has 1 fully saturated rings. The smallest absolute Gasteiger partial charge is 0.204 e. The lowest BCUT2D eigenvalue weighted by atomic mass is 10.3. The number of ether oxygens (including phenoxy) is 1. The van der Waals surface area contributed by atoms with Crippen LogP contribution < -0.4 is 0 Å². The van der Waals surface area contributed by atoms with Gasteiger partial charge in [0.25, 0.3) is 0 Å². The number of nitrogens with zero attached hydrogens (tertiary/aromatic N) is 1. The van der Waals surface area contributed by atoms with E-state index in [0.717, 1.165) is 18.2 Å². The number of aryl methyl sites for hydroxylation is 1. The highest BCUT2D eigenvalue weighted by Crippen LogP contribution is 2.28. The summed E-state index contributed by atoms with van der Waals surface area (Å²) in [6.45, 7) is 0.963. The zero-order valence-corrected chi connectivity index (χ0v) is 8.40. The minimum atomic E-state index is 0.0677. The largest absolute Gasteiger partial charge is 0.373 e. The summed E-state index contributed by atoms with van der Waals surface area (Å²) in [6, 6.07) is 3.69. The van der Waals surface area contributed by atoms with E-state index in [1.165, 1.54) is 12.8 Å². The lowest BCUT2D eigenvalue weighted by Gasteiger charge is -2.03. The standard InChI is InChI=1S/C11H15NO2/c1-12-6-2-3-10(12)11(13)8-14-7-9-4-5-9/h2-3,6,9H,4-5,7-8H2,1H3. The molecule has 0 aliphatic heterocycles. The summed E-state index contributed by atoms with van der Waals surface area (Å²) >= 11 is 0. The van der Waals surface area contributed by atoms with Crippen LogP contribution >= 0.6 is 0 Å². The fourth-order valence-electron chi connectivity index (χ4n) is 1.43. The van der Waals surface area contributed by atoms with E-state index in [1.807, 2.05) is 29.9 Å². The second-order valence-corrected chi connectivity index (χ2v) is 3.89. The molecule has 0 saturated heterocycles. The van der Waals surface area contributed by atoms with Gasteiger partial charge in [0.2, 0.25) is 5.78 Å². The zero-order chi connectivity index (χ0) is 9.97. The number of rotatable bonds is 5. The minimum absolute atomic E-state index is 0.0677. The van der Waals surface area contributed by atoms with Crippen LogP contribution in [0.4, 0.5) is 0 Å². The van der Waals surface area contributed by atoms with Crippen molar-refractivity contribution in [3.05, 3.63) is 24.0 Å². The summed E-state index contributed by atoms with van der Waals surface area (Å²) in [5, 5.41) is 0. The third kappa shape index (κ3) is 2.23. The molecule has 14 heavy (non-hydrogen) atoms. The van der Waals surface area contributed by atoms with E-state index in [9.17, 15) is 4.79 Å². The van der Waals surface area contributed by atoms with Crippen LogP contribution in [-0.4, -0.2) is 23.6 Å². The summed E-state index contributed by atoms with van der Waals surface area (Å²) in [5.74, 6) is 0.786. The summed E-state index contributed by atoms with van der Waals surface area (Å²) in [5.41, 5.74) is 0.723. The molecular weight excluding hydrogens is 178 g/mol. The van der Waals surface area contributed by atoms with Crippen LogP contribution in [0.2, 0.25) is 0 Å². The molecule has 1 heterocycles. The number of aromatic nitrogens is 1. The first kappa shape index (κ1) is 9.46. The molecule has 0 unspecified atom stereocenters. The van der Waals surface area contributed by atoms with Gasteiger partial charge in [0.1, 0.15) is 6.61 Å². The van der Waals surface area contributed by atoms with Crippen LogP contribution in [-0.2, 0) is 11.8 Å².